The molecule has 0 bridgehead atoms. The van der Waals surface area contributed by atoms with E-state index in [0.29, 0.717) is 24.4 Å². The second-order valence-corrected chi connectivity index (χ2v) is 7.31. The van der Waals surface area contributed by atoms with Crippen LogP contribution in [0.15, 0.2) is 54.9 Å². The molecule has 2 heterocycles. The molecule has 0 aliphatic carbocycles. The summed E-state index contributed by atoms with van der Waals surface area (Å²) < 4.78 is 20.1. The molecule has 8 nitrogen and oxygen atoms in total. The van der Waals surface area contributed by atoms with E-state index in [2.05, 4.69) is 15.5 Å². The summed E-state index contributed by atoms with van der Waals surface area (Å²) in [5, 5.41) is 20.7. The fraction of sp³-hybridized carbons (Fsp3) is 0.333. The molecular weight excluding hydrogens is 389 g/mol. The van der Waals surface area contributed by atoms with Gasteiger partial charge in [0.05, 0.1) is 6.54 Å². The number of hydrogen-bond donors (Lipinski definition) is 1. The van der Waals surface area contributed by atoms with Gasteiger partial charge in [0.25, 0.3) is 5.91 Å². The maximum Gasteiger partial charge on any atom is 0.253 e. The van der Waals surface area contributed by atoms with Crippen molar-refractivity contribution in [2.75, 3.05) is 19.7 Å². The number of nitrogens with zero attached hydrogens (tertiary/aromatic N) is 5. The Balaban J connectivity index is 1.29. The maximum absolute atomic E-state index is 13.1. The molecule has 2 atom stereocenters. The van der Waals surface area contributed by atoms with Crippen LogP contribution in [0.25, 0.3) is 0 Å². The number of halogens is 1. The SMILES string of the molecule is O=C(c1ccc(OCC(O)Cn2cnnn2)cc1)N1CC[C@H](c2ccc(F)cc2)C1. The fourth-order valence-electron chi connectivity index (χ4n) is 3.55. The van der Waals surface area contributed by atoms with Gasteiger partial charge in [-0.25, -0.2) is 9.07 Å². The van der Waals surface area contributed by atoms with Crippen LogP contribution < -0.4 is 4.74 Å². The van der Waals surface area contributed by atoms with Gasteiger partial charge in [0.1, 0.15) is 30.6 Å². The van der Waals surface area contributed by atoms with Crippen molar-refractivity contribution >= 4 is 5.91 Å². The van der Waals surface area contributed by atoms with Crippen molar-refractivity contribution in [2.24, 2.45) is 0 Å². The van der Waals surface area contributed by atoms with Gasteiger partial charge >= 0.3 is 0 Å². The fourth-order valence-corrected chi connectivity index (χ4v) is 3.55. The van der Waals surface area contributed by atoms with Crippen LogP contribution in [0.4, 0.5) is 4.39 Å². The Hall–Kier alpha value is -3.33. The number of carbonyl (C=O) groups is 1. The molecule has 156 valence electrons. The van der Waals surface area contributed by atoms with Gasteiger partial charge in [-0.1, -0.05) is 12.1 Å². The van der Waals surface area contributed by atoms with E-state index in [1.165, 1.54) is 23.1 Å². The Labute approximate surface area is 172 Å². The van der Waals surface area contributed by atoms with Gasteiger partial charge in [0.2, 0.25) is 0 Å². The molecule has 1 unspecified atom stereocenters. The summed E-state index contributed by atoms with van der Waals surface area (Å²) in [7, 11) is 0. The zero-order chi connectivity index (χ0) is 20.9. The molecule has 1 N–H and O–H groups in total. The number of rotatable bonds is 7. The highest BCUT2D eigenvalue weighted by atomic mass is 19.1. The van der Waals surface area contributed by atoms with Crippen molar-refractivity contribution < 1.29 is 19.0 Å². The summed E-state index contributed by atoms with van der Waals surface area (Å²) in [5.74, 6) is 0.492. The van der Waals surface area contributed by atoms with Gasteiger partial charge in [0.15, 0.2) is 0 Å². The number of aliphatic hydroxyl groups excluding tert-OH is 1. The number of hydrogen-bond acceptors (Lipinski definition) is 6. The van der Waals surface area contributed by atoms with Gasteiger partial charge in [-0.15, -0.1) is 5.10 Å². The summed E-state index contributed by atoms with van der Waals surface area (Å²) in [6.07, 6.45) is 1.52. The number of aromatic nitrogens is 4. The number of likely N-dealkylation sites (tertiary alicyclic amines) is 1. The molecule has 9 heteroatoms. The number of ether oxygens (including phenoxy) is 1. The molecule has 4 rings (SSSR count). The zero-order valence-corrected chi connectivity index (χ0v) is 16.3. The minimum Gasteiger partial charge on any atom is -0.491 e. The summed E-state index contributed by atoms with van der Waals surface area (Å²) in [4.78, 5) is 14.6. The van der Waals surface area contributed by atoms with Gasteiger partial charge < -0.3 is 14.7 Å². The van der Waals surface area contributed by atoms with E-state index in [4.69, 9.17) is 4.74 Å². The molecule has 1 saturated heterocycles. The lowest BCUT2D eigenvalue weighted by Gasteiger charge is -2.17. The first-order chi connectivity index (χ1) is 14.6. The summed E-state index contributed by atoms with van der Waals surface area (Å²) in [6, 6.07) is 13.3. The topological polar surface area (TPSA) is 93.4 Å². The van der Waals surface area contributed by atoms with E-state index < -0.39 is 6.10 Å². The van der Waals surface area contributed by atoms with Crippen LogP contribution in [0.5, 0.6) is 5.75 Å². The van der Waals surface area contributed by atoms with E-state index in [1.54, 1.807) is 36.4 Å². The summed E-state index contributed by atoms with van der Waals surface area (Å²) >= 11 is 0. The van der Waals surface area contributed by atoms with Crippen molar-refractivity contribution in [1.29, 1.82) is 0 Å². The van der Waals surface area contributed by atoms with Gasteiger partial charge in [-0.2, -0.15) is 0 Å². The number of aliphatic hydroxyl groups is 1. The Morgan fingerprint density at radius 2 is 1.97 bits per heavy atom. The summed E-state index contributed by atoms with van der Waals surface area (Å²) in [5.41, 5.74) is 1.63. The lowest BCUT2D eigenvalue weighted by molar-refractivity contribution is 0.0789. The van der Waals surface area contributed by atoms with Gasteiger partial charge in [0, 0.05) is 24.6 Å². The molecule has 3 aromatic rings. The minimum absolute atomic E-state index is 0.0371. The van der Waals surface area contributed by atoms with Gasteiger partial charge in [-0.05, 0) is 58.8 Å². The van der Waals surface area contributed by atoms with E-state index in [-0.39, 0.29) is 30.8 Å². The highest BCUT2D eigenvalue weighted by Crippen LogP contribution is 2.28. The molecular formula is C21H22FN5O3. The lowest BCUT2D eigenvalue weighted by atomic mass is 9.99. The quantitative estimate of drug-likeness (QED) is 0.638. The third-order valence-electron chi connectivity index (χ3n) is 5.15. The van der Waals surface area contributed by atoms with Crippen LogP contribution in [-0.2, 0) is 6.54 Å². The van der Waals surface area contributed by atoms with Crippen LogP contribution in [0.2, 0.25) is 0 Å². The predicted octanol–water partition coefficient (Wildman–Crippen LogP) is 1.88. The number of tetrazole rings is 1. The molecule has 1 aliphatic heterocycles. The Bertz CT molecular complexity index is 963. The second-order valence-electron chi connectivity index (χ2n) is 7.31. The molecule has 1 amide bonds. The maximum atomic E-state index is 13.1. The smallest absolute Gasteiger partial charge is 0.253 e. The van der Waals surface area contributed by atoms with E-state index >= 15 is 0 Å². The van der Waals surface area contributed by atoms with Crippen molar-refractivity contribution in [3.63, 3.8) is 0 Å². The first-order valence-electron chi connectivity index (χ1n) is 9.75. The molecule has 0 radical (unpaired) electrons. The van der Waals surface area contributed by atoms with Crippen molar-refractivity contribution in [1.82, 2.24) is 25.1 Å². The molecule has 30 heavy (non-hydrogen) atoms. The first-order valence-corrected chi connectivity index (χ1v) is 9.75. The van der Waals surface area contributed by atoms with E-state index in [1.807, 2.05) is 4.90 Å². The second kappa shape index (κ2) is 9.00. The molecule has 0 saturated carbocycles. The molecule has 2 aromatic carbocycles. The summed E-state index contributed by atoms with van der Waals surface area (Å²) in [6.45, 7) is 1.60. The average molecular weight is 411 g/mol. The predicted molar refractivity (Wildman–Crippen MR) is 105 cm³/mol. The molecule has 1 aliphatic rings. The Kier molecular flexibility index (Phi) is 5.99. The van der Waals surface area contributed by atoms with Crippen LogP contribution in [-0.4, -0.2) is 61.9 Å². The van der Waals surface area contributed by atoms with Crippen LogP contribution in [0.3, 0.4) is 0 Å². The zero-order valence-electron chi connectivity index (χ0n) is 16.3. The van der Waals surface area contributed by atoms with Crippen LogP contribution in [0.1, 0.15) is 28.3 Å². The first kappa shape index (κ1) is 20.0. The monoisotopic (exact) mass is 411 g/mol. The number of amides is 1. The largest absolute Gasteiger partial charge is 0.491 e. The Morgan fingerprint density at radius 3 is 2.67 bits per heavy atom. The number of benzene rings is 2. The number of carbonyl (C=O) groups excluding carboxylic acids is 1. The van der Waals surface area contributed by atoms with Crippen molar-refractivity contribution in [2.45, 2.75) is 25.0 Å². The molecule has 0 spiro atoms. The standard InChI is InChI=1S/C21H22FN5O3/c22-18-5-1-15(2-6-18)17-9-10-26(11-17)21(29)16-3-7-20(8-4-16)30-13-19(28)12-27-14-23-24-25-27/h1-8,14,17,19,28H,9-13H2/t17-,19?/m0/s1. The van der Waals surface area contributed by atoms with Crippen LogP contribution in [0, 0.1) is 5.82 Å². The minimum atomic E-state index is -0.761. The van der Waals surface area contributed by atoms with Crippen molar-refractivity contribution in [3.8, 4) is 5.75 Å². The normalized spacial score (nSPS) is 17.1. The third-order valence-corrected chi connectivity index (χ3v) is 5.15. The molecule has 1 aromatic heterocycles. The van der Waals surface area contributed by atoms with E-state index in [0.717, 1.165) is 12.0 Å². The lowest BCUT2D eigenvalue weighted by Crippen LogP contribution is -2.28. The van der Waals surface area contributed by atoms with Gasteiger partial charge in [-0.3, -0.25) is 4.79 Å². The van der Waals surface area contributed by atoms with Crippen molar-refractivity contribution in [3.05, 3.63) is 71.8 Å². The highest BCUT2D eigenvalue weighted by Gasteiger charge is 2.28. The van der Waals surface area contributed by atoms with E-state index in [9.17, 15) is 14.3 Å². The molecule has 1 fully saturated rings. The Morgan fingerprint density at radius 1 is 1.20 bits per heavy atom. The highest BCUT2D eigenvalue weighted by molar-refractivity contribution is 5.94. The van der Waals surface area contributed by atoms with Crippen LogP contribution >= 0.6 is 0 Å². The third kappa shape index (κ3) is 4.80. The average Bonchev–Trinajstić information content (AvgIpc) is 3.45.